The third kappa shape index (κ3) is 4.03. The van der Waals surface area contributed by atoms with Crippen LogP contribution in [-0.2, 0) is 0 Å². The number of hydrogen-bond donors (Lipinski definition) is 0. The van der Waals surface area contributed by atoms with Gasteiger partial charge >= 0.3 is 0 Å². The third-order valence-corrected chi connectivity index (χ3v) is 0.661. The molecule has 0 N–H and O–H groups in total. The zero-order valence-electron chi connectivity index (χ0n) is 3.65. The fourth-order valence-electron chi connectivity index (χ4n) is 0.181. The minimum atomic E-state index is 0.700. The Kier molecular flexibility index (Phi) is 5.06. The summed E-state index contributed by atoms with van der Waals surface area (Å²) in [5.74, 6) is 0.700. The highest BCUT2D eigenvalue weighted by Crippen LogP contribution is 1.88. The summed E-state index contributed by atoms with van der Waals surface area (Å²) in [6, 6.07) is 0. The lowest BCUT2D eigenvalue weighted by Crippen LogP contribution is -1.68. The van der Waals surface area contributed by atoms with E-state index in [2.05, 4.69) is 6.58 Å². The van der Waals surface area contributed by atoms with Crippen LogP contribution in [0.2, 0.25) is 0 Å². The van der Waals surface area contributed by atoms with Gasteiger partial charge in [0.2, 0.25) is 0 Å². The van der Waals surface area contributed by atoms with Crippen LogP contribution in [0.4, 0.5) is 0 Å². The molecule has 0 aliphatic carbocycles. The minimum absolute atomic E-state index is 0.700. The first-order valence-electron chi connectivity index (χ1n) is 1.92. The van der Waals surface area contributed by atoms with Crippen LogP contribution in [0.25, 0.3) is 0 Å². The Morgan fingerprint density at radius 2 is 2.33 bits per heavy atom. The van der Waals surface area contributed by atoms with Crippen LogP contribution in [0.3, 0.4) is 0 Å². The zero-order valence-corrected chi connectivity index (χ0v) is 4.41. The van der Waals surface area contributed by atoms with E-state index in [1.807, 2.05) is 6.42 Å². The molecule has 0 fully saturated rings. The first-order chi connectivity index (χ1) is 2.91. The van der Waals surface area contributed by atoms with Gasteiger partial charge in [-0.3, -0.25) is 0 Å². The Morgan fingerprint density at radius 3 is 2.50 bits per heavy atom. The van der Waals surface area contributed by atoms with Crippen molar-refractivity contribution in [3.8, 4) is 0 Å². The highest BCUT2D eigenvalue weighted by Gasteiger charge is 1.73. The van der Waals surface area contributed by atoms with Crippen LogP contribution in [0.1, 0.15) is 6.42 Å². The predicted octanol–water partition coefficient (Wildman–Crippen LogP) is 2.01. The molecule has 0 saturated carbocycles. The van der Waals surface area contributed by atoms with E-state index in [0.29, 0.717) is 5.88 Å². The molecule has 35 valence electrons. The van der Waals surface area contributed by atoms with Crippen LogP contribution in [-0.4, -0.2) is 5.88 Å². The quantitative estimate of drug-likeness (QED) is 0.379. The molecule has 1 radical (unpaired) electrons. The average molecular weight is 104 g/mol. The number of hydrogen-bond acceptors (Lipinski definition) is 0. The molecule has 0 aromatic carbocycles. The summed E-state index contributed by atoms with van der Waals surface area (Å²) in [5.41, 5.74) is 0. The van der Waals surface area contributed by atoms with E-state index in [9.17, 15) is 0 Å². The number of halogens is 1. The molecule has 0 aliphatic heterocycles. The number of rotatable bonds is 3. The van der Waals surface area contributed by atoms with Gasteiger partial charge in [-0.1, -0.05) is 6.08 Å². The Balaban J connectivity index is 2.49. The predicted molar refractivity (Wildman–Crippen MR) is 29.8 cm³/mol. The van der Waals surface area contributed by atoms with E-state index in [4.69, 9.17) is 11.6 Å². The maximum atomic E-state index is 5.30. The summed E-state index contributed by atoms with van der Waals surface area (Å²) in [6.45, 7) is 3.48. The van der Waals surface area contributed by atoms with Gasteiger partial charge in [-0.05, 0) is 12.8 Å². The Bertz CT molecular complexity index is 32.9. The SMILES string of the molecule is C=C[CH]CCCl. The zero-order chi connectivity index (χ0) is 4.83. The van der Waals surface area contributed by atoms with Crippen LogP contribution in [0.15, 0.2) is 12.7 Å². The van der Waals surface area contributed by atoms with E-state index in [1.54, 1.807) is 6.08 Å². The van der Waals surface area contributed by atoms with Gasteiger partial charge in [-0.2, -0.15) is 0 Å². The van der Waals surface area contributed by atoms with Crippen molar-refractivity contribution in [3.63, 3.8) is 0 Å². The first-order valence-corrected chi connectivity index (χ1v) is 2.45. The second-order valence-corrected chi connectivity index (χ2v) is 1.33. The molecular weight excluding hydrogens is 95.5 g/mol. The van der Waals surface area contributed by atoms with E-state index in [1.165, 1.54) is 0 Å². The number of alkyl halides is 1. The van der Waals surface area contributed by atoms with Gasteiger partial charge < -0.3 is 0 Å². The van der Waals surface area contributed by atoms with Crippen LogP contribution >= 0.6 is 11.6 Å². The van der Waals surface area contributed by atoms with Gasteiger partial charge in [0.25, 0.3) is 0 Å². The summed E-state index contributed by atoms with van der Waals surface area (Å²) >= 11 is 5.30. The molecule has 0 unspecified atom stereocenters. The van der Waals surface area contributed by atoms with Gasteiger partial charge in [-0.25, -0.2) is 0 Å². The Labute approximate surface area is 43.8 Å². The maximum Gasteiger partial charge on any atom is 0.0229 e. The van der Waals surface area contributed by atoms with Crippen molar-refractivity contribution in [2.45, 2.75) is 6.42 Å². The molecule has 1 heteroatoms. The van der Waals surface area contributed by atoms with E-state index < -0.39 is 0 Å². The molecule has 0 nitrogen and oxygen atoms in total. The fraction of sp³-hybridized carbons (Fsp3) is 0.400. The summed E-state index contributed by atoms with van der Waals surface area (Å²) in [7, 11) is 0. The van der Waals surface area contributed by atoms with Crippen molar-refractivity contribution >= 4 is 11.6 Å². The Hall–Kier alpha value is 0.0300. The topological polar surface area (TPSA) is 0 Å². The van der Waals surface area contributed by atoms with E-state index in [0.717, 1.165) is 6.42 Å². The molecule has 0 aliphatic rings. The number of allylic oxidation sites excluding steroid dienone is 1. The number of unbranched alkanes of at least 4 members (excludes halogenated alkanes) is 1. The van der Waals surface area contributed by atoms with E-state index >= 15 is 0 Å². The van der Waals surface area contributed by atoms with Crippen LogP contribution < -0.4 is 0 Å². The first kappa shape index (κ1) is 6.03. The maximum absolute atomic E-state index is 5.30. The summed E-state index contributed by atoms with van der Waals surface area (Å²) in [5, 5.41) is 0. The van der Waals surface area contributed by atoms with Crippen LogP contribution in [0.5, 0.6) is 0 Å². The largest absolute Gasteiger partial charge is 0.127 e. The van der Waals surface area contributed by atoms with Gasteiger partial charge in [0.15, 0.2) is 0 Å². The molecule has 6 heavy (non-hydrogen) atoms. The lowest BCUT2D eigenvalue weighted by molar-refractivity contribution is 1.16. The molecule has 0 bridgehead atoms. The molecule has 0 amide bonds. The Morgan fingerprint density at radius 1 is 1.67 bits per heavy atom. The van der Waals surface area contributed by atoms with Crippen LogP contribution in [0, 0.1) is 6.42 Å². The normalized spacial score (nSPS) is 8.17. The van der Waals surface area contributed by atoms with Crippen molar-refractivity contribution < 1.29 is 0 Å². The van der Waals surface area contributed by atoms with Crippen molar-refractivity contribution in [1.29, 1.82) is 0 Å². The van der Waals surface area contributed by atoms with Crippen molar-refractivity contribution in [3.05, 3.63) is 19.1 Å². The average Bonchev–Trinajstić information content (AvgIpc) is 1.61. The van der Waals surface area contributed by atoms with Gasteiger partial charge in [0.05, 0.1) is 0 Å². The fourth-order valence-corrected chi connectivity index (χ4v) is 0.307. The molecule has 0 aromatic heterocycles. The molecule has 0 spiro atoms. The van der Waals surface area contributed by atoms with Gasteiger partial charge in [0.1, 0.15) is 0 Å². The highest BCUT2D eigenvalue weighted by atomic mass is 35.5. The molecule has 0 rings (SSSR count). The monoisotopic (exact) mass is 103 g/mol. The van der Waals surface area contributed by atoms with E-state index in [-0.39, 0.29) is 0 Å². The summed E-state index contributed by atoms with van der Waals surface area (Å²) in [4.78, 5) is 0. The lowest BCUT2D eigenvalue weighted by Gasteiger charge is -1.79. The standard InChI is InChI=1S/C5H8Cl/c1-2-3-4-5-6/h2-3H,1,4-5H2. The minimum Gasteiger partial charge on any atom is -0.127 e. The van der Waals surface area contributed by atoms with Crippen molar-refractivity contribution in [2.75, 3.05) is 5.88 Å². The molecular formula is C5H8Cl. The molecule has 0 saturated heterocycles. The smallest absolute Gasteiger partial charge is 0.0229 e. The third-order valence-electron chi connectivity index (χ3n) is 0.442. The van der Waals surface area contributed by atoms with Crippen molar-refractivity contribution in [1.82, 2.24) is 0 Å². The lowest BCUT2D eigenvalue weighted by atomic mass is 10.3. The summed E-state index contributed by atoms with van der Waals surface area (Å²) in [6.07, 6.45) is 4.63. The van der Waals surface area contributed by atoms with Crippen molar-refractivity contribution in [2.24, 2.45) is 0 Å². The van der Waals surface area contributed by atoms with Gasteiger partial charge in [-0.15, -0.1) is 18.2 Å². The summed E-state index contributed by atoms with van der Waals surface area (Å²) < 4.78 is 0. The molecule has 0 heterocycles. The molecule has 0 aromatic rings. The van der Waals surface area contributed by atoms with Gasteiger partial charge in [0, 0.05) is 5.88 Å². The highest BCUT2D eigenvalue weighted by molar-refractivity contribution is 6.17. The molecule has 0 atom stereocenters. The second kappa shape index (κ2) is 5.03. The second-order valence-electron chi connectivity index (χ2n) is 0.949.